The van der Waals surface area contributed by atoms with E-state index >= 15 is 0 Å². The van der Waals surface area contributed by atoms with Crippen molar-refractivity contribution in [1.29, 1.82) is 0 Å². The monoisotopic (exact) mass is 232 g/mol. The van der Waals surface area contributed by atoms with Gasteiger partial charge in [0, 0.05) is 18.0 Å². The zero-order valence-corrected chi connectivity index (χ0v) is 8.94. The van der Waals surface area contributed by atoms with Crippen molar-refractivity contribution in [2.75, 3.05) is 13.2 Å². The van der Waals surface area contributed by atoms with Crippen molar-refractivity contribution in [2.24, 2.45) is 0 Å². The molecule has 0 bridgehead atoms. The Balaban J connectivity index is 2.24. The highest BCUT2D eigenvalue weighted by Gasteiger charge is 2.07. The molecule has 76 valence electrons. The van der Waals surface area contributed by atoms with Gasteiger partial charge in [-0.2, -0.15) is 0 Å². The van der Waals surface area contributed by atoms with Crippen molar-refractivity contribution in [3.63, 3.8) is 0 Å². The summed E-state index contributed by atoms with van der Waals surface area (Å²) >= 11 is 10.0. The van der Waals surface area contributed by atoms with Gasteiger partial charge in [0.15, 0.2) is 0 Å². The summed E-state index contributed by atoms with van der Waals surface area (Å²) in [5.41, 5.74) is -0.825. The number of ether oxygens (including phenoxy) is 2. The number of allylic oxidation sites excluding steroid dienone is 4. The number of rotatable bonds is 4. The maximum atomic E-state index is 10.2. The lowest BCUT2D eigenvalue weighted by atomic mass is 10.1. The molecule has 1 aliphatic carbocycles. The van der Waals surface area contributed by atoms with Gasteiger partial charge in [-0.1, -0.05) is 24.4 Å². The summed E-state index contributed by atoms with van der Waals surface area (Å²) in [7, 11) is 0. The minimum Gasteiger partial charge on any atom is -0.489 e. The van der Waals surface area contributed by atoms with Crippen LogP contribution in [0.5, 0.6) is 0 Å². The van der Waals surface area contributed by atoms with Crippen molar-refractivity contribution in [2.45, 2.75) is 6.42 Å². The molecular formula is C9H9ClO3S. The van der Waals surface area contributed by atoms with Gasteiger partial charge in [-0.3, -0.25) is 0 Å². The summed E-state index contributed by atoms with van der Waals surface area (Å²) in [5, 5.41) is 0. The maximum absolute atomic E-state index is 10.2. The summed E-state index contributed by atoms with van der Waals surface area (Å²) in [5.74, 6) is 0.660. The fourth-order valence-corrected chi connectivity index (χ4v) is 1.23. The quantitative estimate of drug-likeness (QED) is 0.424. The summed E-state index contributed by atoms with van der Waals surface area (Å²) in [6, 6.07) is 0. The molecule has 0 saturated heterocycles. The van der Waals surface area contributed by atoms with Crippen LogP contribution in [-0.4, -0.2) is 23.5 Å². The molecule has 0 amide bonds. The van der Waals surface area contributed by atoms with E-state index in [0.29, 0.717) is 5.76 Å². The Labute approximate surface area is 92.3 Å². The van der Waals surface area contributed by atoms with Gasteiger partial charge in [-0.15, -0.1) is 0 Å². The number of hydrogen-bond acceptors (Lipinski definition) is 4. The highest BCUT2D eigenvalue weighted by molar-refractivity contribution is 7.80. The van der Waals surface area contributed by atoms with Gasteiger partial charge in [0.1, 0.15) is 19.0 Å². The van der Waals surface area contributed by atoms with E-state index in [2.05, 4.69) is 4.74 Å². The largest absolute Gasteiger partial charge is 0.489 e. The van der Waals surface area contributed by atoms with Crippen LogP contribution in [0.25, 0.3) is 0 Å². The third kappa shape index (κ3) is 3.89. The van der Waals surface area contributed by atoms with Gasteiger partial charge < -0.3 is 9.47 Å². The highest BCUT2D eigenvalue weighted by Crippen LogP contribution is 2.10. The molecule has 0 atom stereocenters. The molecule has 0 aliphatic heterocycles. The first-order valence-electron chi connectivity index (χ1n) is 4.05. The lowest BCUT2D eigenvalue weighted by Crippen LogP contribution is -2.10. The molecule has 0 unspecified atom stereocenters. The Hall–Kier alpha value is -0.870. The van der Waals surface area contributed by atoms with Crippen molar-refractivity contribution in [3.05, 3.63) is 24.0 Å². The zero-order chi connectivity index (χ0) is 10.4. The van der Waals surface area contributed by atoms with E-state index in [4.69, 9.17) is 28.6 Å². The van der Waals surface area contributed by atoms with Gasteiger partial charge in [-0.25, -0.2) is 4.79 Å². The molecule has 0 N–H and O–H groups in total. The second-order valence-corrected chi connectivity index (χ2v) is 3.32. The third-order valence-corrected chi connectivity index (χ3v) is 2.00. The van der Waals surface area contributed by atoms with Crippen molar-refractivity contribution < 1.29 is 14.3 Å². The summed E-state index contributed by atoms with van der Waals surface area (Å²) in [6.07, 6.45) is 6.33. The van der Waals surface area contributed by atoms with Gasteiger partial charge in [0.25, 0.3) is 0 Å². The van der Waals surface area contributed by atoms with E-state index in [-0.39, 0.29) is 13.2 Å². The van der Waals surface area contributed by atoms with Gasteiger partial charge in [-0.05, 0) is 6.08 Å². The second kappa shape index (κ2) is 5.78. The molecule has 0 spiro atoms. The minimum absolute atomic E-state index is 0.131. The van der Waals surface area contributed by atoms with Crippen LogP contribution in [0.3, 0.4) is 0 Å². The minimum atomic E-state index is -0.825. The molecule has 14 heavy (non-hydrogen) atoms. The predicted octanol–water partition coefficient (Wildman–Crippen LogP) is 2.59. The molecule has 1 rings (SSSR count). The SMILES string of the molecule is O=C(Cl)OCCOC1=CC=CCC1=S. The molecule has 0 aromatic rings. The first kappa shape index (κ1) is 11.2. The van der Waals surface area contributed by atoms with Crippen molar-refractivity contribution in [3.8, 4) is 0 Å². The van der Waals surface area contributed by atoms with E-state index in [1.54, 1.807) is 6.08 Å². The molecule has 0 heterocycles. The van der Waals surface area contributed by atoms with Crippen LogP contribution in [0, 0.1) is 0 Å². The first-order chi connectivity index (χ1) is 6.70. The normalized spacial score (nSPS) is 14.9. The summed E-state index contributed by atoms with van der Waals surface area (Å²) in [6.45, 7) is 0.393. The lowest BCUT2D eigenvalue weighted by Gasteiger charge is -2.11. The Morgan fingerprint density at radius 3 is 3.00 bits per heavy atom. The Morgan fingerprint density at radius 2 is 2.36 bits per heavy atom. The van der Waals surface area contributed by atoms with E-state index in [0.717, 1.165) is 11.3 Å². The van der Waals surface area contributed by atoms with Crippen LogP contribution in [0.1, 0.15) is 6.42 Å². The van der Waals surface area contributed by atoms with Crippen molar-refractivity contribution in [1.82, 2.24) is 0 Å². The molecule has 0 radical (unpaired) electrons. The van der Waals surface area contributed by atoms with Gasteiger partial charge >= 0.3 is 5.43 Å². The zero-order valence-electron chi connectivity index (χ0n) is 7.36. The van der Waals surface area contributed by atoms with Crippen molar-refractivity contribution >= 4 is 34.1 Å². The number of thiocarbonyl (C=S) groups is 1. The number of hydrogen-bond donors (Lipinski definition) is 0. The molecule has 0 aromatic heterocycles. The molecule has 5 heteroatoms. The maximum Gasteiger partial charge on any atom is 0.403 e. The van der Waals surface area contributed by atoms with Crippen LogP contribution < -0.4 is 0 Å². The smallest absolute Gasteiger partial charge is 0.403 e. The molecular weight excluding hydrogens is 224 g/mol. The van der Waals surface area contributed by atoms with E-state index < -0.39 is 5.43 Å². The highest BCUT2D eigenvalue weighted by atomic mass is 35.5. The van der Waals surface area contributed by atoms with Crippen LogP contribution >= 0.6 is 23.8 Å². The number of carbonyl (C=O) groups is 1. The average Bonchev–Trinajstić information content (AvgIpc) is 2.15. The Bertz CT molecular complexity index is 296. The molecule has 3 nitrogen and oxygen atoms in total. The first-order valence-corrected chi connectivity index (χ1v) is 4.84. The van der Waals surface area contributed by atoms with E-state index in [1.165, 1.54) is 0 Å². The molecule has 1 aliphatic rings. The fourth-order valence-electron chi connectivity index (χ4n) is 0.926. The molecule has 0 fully saturated rings. The summed E-state index contributed by atoms with van der Waals surface area (Å²) < 4.78 is 9.76. The number of carbonyl (C=O) groups excluding carboxylic acids is 1. The summed E-state index contributed by atoms with van der Waals surface area (Å²) in [4.78, 5) is 10.9. The Kier molecular flexibility index (Phi) is 4.62. The molecule has 0 saturated carbocycles. The number of halogens is 1. The topological polar surface area (TPSA) is 35.5 Å². The van der Waals surface area contributed by atoms with Crippen LogP contribution in [0.4, 0.5) is 4.79 Å². The van der Waals surface area contributed by atoms with Gasteiger partial charge in [0.05, 0.1) is 4.86 Å². The van der Waals surface area contributed by atoms with Crippen LogP contribution in [0.15, 0.2) is 24.0 Å². The van der Waals surface area contributed by atoms with E-state index in [9.17, 15) is 4.79 Å². The lowest BCUT2D eigenvalue weighted by molar-refractivity contribution is 0.126. The average molecular weight is 233 g/mol. The standard InChI is InChI=1S/C9H9ClO3S/c10-9(11)13-6-5-12-7-3-1-2-4-8(7)14/h1-3H,4-6H2. The second-order valence-electron chi connectivity index (χ2n) is 2.52. The van der Waals surface area contributed by atoms with Crippen LogP contribution in [0.2, 0.25) is 0 Å². The van der Waals surface area contributed by atoms with Crippen LogP contribution in [-0.2, 0) is 9.47 Å². The fraction of sp³-hybridized carbons (Fsp3) is 0.333. The van der Waals surface area contributed by atoms with E-state index in [1.807, 2.05) is 12.2 Å². The van der Waals surface area contributed by atoms with Gasteiger partial charge in [0.2, 0.25) is 0 Å². The third-order valence-electron chi connectivity index (χ3n) is 1.52. The molecule has 0 aromatic carbocycles. The predicted molar refractivity (Wildman–Crippen MR) is 57.6 cm³/mol. The Morgan fingerprint density at radius 1 is 1.57 bits per heavy atom.